The van der Waals surface area contributed by atoms with Crippen molar-refractivity contribution in [3.8, 4) is 0 Å². The normalized spacial score (nSPS) is 13.0. The molecule has 2 rings (SSSR count). The highest BCUT2D eigenvalue weighted by Gasteiger charge is 2.12. The van der Waals surface area contributed by atoms with Crippen molar-refractivity contribution in [2.75, 3.05) is 0 Å². The van der Waals surface area contributed by atoms with Crippen LogP contribution >= 0.6 is 22.9 Å². The van der Waals surface area contributed by atoms with Crippen LogP contribution in [0, 0.1) is 0 Å². The highest BCUT2D eigenvalue weighted by molar-refractivity contribution is 7.09. The summed E-state index contributed by atoms with van der Waals surface area (Å²) in [5.41, 5.74) is 5.91. The second kappa shape index (κ2) is 4.13. The predicted molar refractivity (Wildman–Crippen MR) is 56.5 cm³/mol. The molecule has 0 fully saturated rings. The van der Waals surface area contributed by atoms with E-state index < -0.39 is 0 Å². The van der Waals surface area contributed by atoms with Crippen molar-refractivity contribution in [1.82, 2.24) is 4.98 Å². The minimum Gasteiger partial charge on any atom is -0.448 e. The van der Waals surface area contributed by atoms with Crippen LogP contribution in [0.1, 0.15) is 16.8 Å². The van der Waals surface area contributed by atoms with Gasteiger partial charge in [0.25, 0.3) is 0 Å². The van der Waals surface area contributed by atoms with E-state index in [9.17, 15) is 0 Å². The first-order chi connectivity index (χ1) is 6.75. The molecule has 5 heteroatoms. The summed E-state index contributed by atoms with van der Waals surface area (Å²) in [5, 5.41) is 3.30. The Labute approximate surface area is 90.5 Å². The number of furan rings is 1. The first-order valence-electron chi connectivity index (χ1n) is 4.15. The average Bonchev–Trinajstić information content (AvgIpc) is 2.75. The van der Waals surface area contributed by atoms with Gasteiger partial charge in [-0.25, -0.2) is 4.98 Å². The van der Waals surface area contributed by atoms with Crippen molar-refractivity contribution in [3.05, 3.63) is 39.7 Å². The highest BCUT2D eigenvalue weighted by atomic mass is 35.5. The fourth-order valence-corrected chi connectivity index (χ4v) is 2.00. The van der Waals surface area contributed by atoms with Gasteiger partial charge in [0, 0.05) is 18.0 Å². The van der Waals surface area contributed by atoms with Crippen LogP contribution in [-0.2, 0) is 6.42 Å². The topological polar surface area (TPSA) is 52.0 Å². The van der Waals surface area contributed by atoms with Crippen LogP contribution in [0.25, 0.3) is 0 Å². The van der Waals surface area contributed by atoms with E-state index in [1.54, 1.807) is 29.7 Å². The van der Waals surface area contributed by atoms with Crippen LogP contribution < -0.4 is 5.73 Å². The molecule has 0 aliphatic carbocycles. The maximum absolute atomic E-state index is 5.91. The summed E-state index contributed by atoms with van der Waals surface area (Å²) in [6.07, 6.45) is 2.45. The van der Waals surface area contributed by atoms with E-state index in [0.717, 1.165) is 5.01 Å². The molecule has 0 aliphatic rings. The molecule has 2 N–H and O–H groups in total. The Morgan fingerprint density at radius 1 is 1.57 bits per heavy atom. The van der Waals surface area contributed by atoms with Gasteiger partial charge in [0.2, 0.25) is 0 Å². The molecule has 0 amide bonds. The van der Waals surface area contributed by atoms with E-state index in [2.05, 4.69) is 4.98 Å². The lowest BCUT2D eigenvalue weighted by atomic mass is 10.2. The minimum atomic E-state index is -0.173. The highest BCUT2D eigenvalue weighted by Crippen LogP contribution is 2.21. The van der Waals surface area contributed by atoms with E-state index in [1.165, 1.54) is 0 Å². The summed E-state index contributed by atoms with van der Waals surface area (Å²) in [5.74, 6) is 0.699. The Morgan fingerprint density at radius 2 is 2.43 bits per heavy atom. The Morgan fingerprint density at radius 3 is 3.00 bits per heavy atom. The number of aromatic nitrogens is 1. The van der Waals surface area contributed by atoms with Gasteiger partial charge in [-0.15, -0.1) is 11.3 Å². The fraction of sp³-hybridized carbons (Fsp3) is 0.222. The molecule has 14 heavy (non-hydrogen) atoms. The molecular formula is C9H9ClN2OS. The Hall–Kier alpha value is -0.840. The zero-order valence-corrected chi connectivity index (χ0v) is 8.89. The summed E-state index contributed by atoms with van der Waals surface area (Å²) in [4.78, 5) is 4.15. The molecule has 0 aromatic carbocycles. The van der Waals surface area contributed by atoms with Crippen molar-refractivity contribution in [1.29, 1.82) is 0 Å². The van der Waals surface area contributed by atoms with Gasteiger partial charge in [0.1, 0.15) is 5.76 Å². The molecule has 1 atom stereocenters. The number of hydrogen-bond donors (Lipinski definition) is 1. The third-order valence-electron chi connectivity index (χ3n) is 1.84. The maximum atomic E-state index is 5.91. The number of rotatable bonds is 3. The maximum Gasteiger partial charge on any atom is 0.193 e. The van der Waals surface area contributed by atoms with Crippen LogP contribution in [0.4, 0.5) is 0 Å². The zero-order valence-electron chi connectivity index (χ0n) is 7.31. The Kier molecular flexibility index (Phi) is 2.86. The molecule has 2 aromatic rings. The van der Waals surface area contributed by atoms with Gasteiger partial charge in [0.15, 0.2) is 5.22 Å². The van der Waals surface area contributed by atoms with Gasteiger partial charge < -0.3 is 10.2 Å². The number of hydrogen-bond acceptors (Lipinski definition) is 4. The van der Waals surface area contributed by atoms with Crippen LogP contribution in [0.15, 0.2) is 28.1 Å². The van der Waals surface area contributed by atoms with Crippen LogP contribution in [0.2, 0.25) is 5.22 Å². The molecule has 0 saturated heterocycles. The van der Waals surface area contributed by atoms with E-state index in [-0.39, 0.29) is 6.04 Å². The van der Waals surface area contributed by atoms with E-state index >= 15 is 0 Å². The van der Waals surface area contributed by atoms with Crippen molar-refractivity contribution in [2.45, 2.75) is 12.5 Å². The first-order valence-corrected chi connectivity index (χ1v) is 5.40. The van der Waals surface area contributed by atoms with Crippen molar-refractivity contribution in [3.63, 3.8) is 0 Å². The van der Waals surface area contributed by atoms with Gasteiger partial charge in [-0.05, 0) is 23.7 Å². The third kappa shape index (κ3) is 2.15. The van der Waals surface area contributed by atoms with Crippen LogP contribution in [0.3, 0.4) is 0 Å². The van der Waals surface area contributed by atoms with Crippen molar-refractivity contribution in [2.24, 2.45) is 5.73 Å². The molecule has 2 aromatic heterocycles. The largest absolute Gasteiger partial charge is 0.448 e. The van der Waals surface area contributed by atoms with Gasteiger partial charge >= 0.3 is 0 Å². The van der Waals surface area contributed by atoms with Gasteiger partial charge in [-0.2, -0.15) is 0 Å². The summed E-state index contributed by atoms with van der Waals surface area (Å²) < 4.78 is 5.21. The number of thiazole rings is 1. The Bertz CT molecular complexity index is 399. The summed E-state index contributed by atoms with van der Waals surface area (Å²) in [6, 6.07) is 3.31. The lowest BCUT2D eigenvalue weighted by Gasteiger charge is -2.05. The quantitative estimate of drug-likeness (QED) is 0.879. The summed E-state index contributed by atoms with van der Waals surface area (Å²) in [6.45, 7) is 0. The Balaban J connectivity index is 2.06. The van der Waals surface area contributed by atoms with Crippen molar-refractivity contribution < 1.29 is 4.42 Å². The minimum absolute atomic E-state index is 0.173. The monoisotopic (exact) mass is 228 g/mol. The van der Waals surface area contributed by atoms with Gasteiger partial charge in [-0.1, -0.05) is 0 Å². The van der Waals surface area contributed by atoms with E-state index in [4.69, 9.17) is 21.8 Å². The molecule has 0 saturated carbocycles. The molecule has 0 spiro atoms. The average molecular weight is 229 g/mol. The number of nitrogens with zero attached hydrogens (tertiary/aromatic N) is 1. The lowest BCUT2D eigenvalue weighted by Crippen LogP contribution is -2.12. The van der Waals surface area contributed by atoms with Crippen LogP contribution in [0.5, 0.6) is 0 Å². The standard InChI is InChI=1S/C9H9ClN2OS/c10-8-2-1-7(13-8)6(11)5-9-12-3-4-14-9/h1-4,6H,5,11H2. The molecule has 0 aliphatic heterocycles. The second-order valence-electron chi connectivity index (χ2n) is 2.88. The van der Waals surface area contributed by atoms with E-state index in [1.807, 2.05) is 5.38 Å². The van der Waals surface area contributed by atoms with Gasteiger partial charge in [0.05, 0.1) is 11.0 Å². The lowest BCUT2D eigenvalue weighted by molar-refractivity contribution is 0.466. The molecule has 3 nitrogen and oxygen atoms in total. The number of halogens is 1. The van der Waals surface area contributed by atoms with Crippen molar-refractivity contribution >= 4 is 22.9 Å². The molecule has 2 heterocycles. The molecular weight excluding hydrogens is 220 g/mol. The summed E-state index contributed by atoms with van der Waals surface area (Å²) in [7, 11) is 0. The molecule has 0 radical (unpaired) electrons. The third-order valence-corrected chi connectivity index (χ3v) is 2.84. The zero-order chi connectivity index (χ0) is 9.97. The smallest absolute Gasteiger partial charge is 0.193 e. The first kappa shape index (κ1) is 9.71. The molecule has 0 bridgehead atoms. The fourth-order valence-electron chi connectivity index (χ4n) is 1.17. The molecule has 74 valence electrons. The van der Waals surface area contributed by atoms with Crippen LogP contribution in [-0.4, -0.2) is 4.98 Å². The second-order valence-corrected chi connectivity index (χ2v) is 4.23. The SMILES string of the molecule is NC(Cc1nccs1)c1ccc(Cl)o1. The number of nitrogens with two attached hydrogens (primary N) is 1. The molecule has 1 unspecified atom stereocenters. The van der Waals surface area contributed by atoms with Gasteiger partial charge in [-0.3, -0.25) is 0 Å². The summed E-state index contributed by atoms with van der Waals surface area (Å²) >= 11 is 7.24. The van der Waals surface area contributed by atoms with E-state index in [0.29, 0.717) is 17.4 Å². The predicted octanol–water partition coefficient (Wildman–Crippen LogP) is 2.63.